The van der Waals surface area contributed by atoms with E-state index in [4.69, 9.17) is 9.47 Å². The summed E-state index contributed by atoms with van der Waals surface area (Å²) in [6.45, 7) is 7.01. The molecular formula is C19H27N3O3. The van der Waals surface area contributed by atoms with Gasteiger partial charge in [-0.2, -0.15) is 5.10 Å². The number of ether oxygens (including phenoxy) is 2. The number of nitrogens with zero attached hydrogens (tertiary/aromatic N) is 2. The first kappa shape index (κ1) is 19.1. The number of carbonyl (C=O) groups excluding carboxylic acids is 1. The summed E-state index contributed by atoms with van der Waals surface area (Å²) in [5, 5.41) is 8.66. The van der Waals surface area contributed by atoms with E-state index in [9.17, 15) is 4.79 Å². The van der Waals surface area contributed by atoms with E-state index in [0.717, 1.165) is 40.9 Å². The lowest BCUT2D eigenvalue weighted by Crippen LogP contribution is -2.07. The van der Waals surface area contributed by atoms with Crippen LogP contribution in [0.25, 0.3) is 10.9 Å². The van der Waals surface area contributed by atoms with Crippen molar-refractivity contribution in [1.82, 2.24) is 10.2 Å². The van der Waals surface area contributed by atoms with E-state index in [1.807, 2.05) is 25.1 Å². The van der Waals surface area contributed by atoms with E-state index in [1.54, 1.807) is 14.0 Å². The first-order chi connectivity index (χ1) is 12.0. The first-order valence-corrected chi connectivity index (χ1v) is 8.64. The highest BCUT2D eigenvalue weighted by Crippen LogP contribution is 2.31. The summed E-state index contributed by atoms with van der Waals surface area (Å²) in [4.78, 5) is 15.5. The van der Waals surface area contributed by atoms with Gasteiger partial charge in [0, 0.05) is 29.8 Å². The molecule has 1 unspecified atom stereocenters. The second-order valence-corrected chi connectivity index (χ2v) is 6.22. The van der Waals surface area contributed by atoms with Crippen molar-refractivity contribution < 1.29 is 14.3 Å². The predicted molar refractivity (Wildman–Crippen MR) is 99.8 cm³/mol. The van der Waals surface area contributed by atoms with Gasteiger partial charge in [-0.3, -0.25) is 14.9 Å². The van der Waals surface area contributed by atoms with E-state index in [1.165, 1.54) is 0 Å². The van der Waals surface area contributed by atoms with Crippen molar-refractivity contribution >= 4 is 22.4 Å². The second-order valence-electron chi connectivity index (χ2n) is 6.22. The van der Waals surface area contributed by atoms with Gasteiger partial charge in [0.2, 0.25) is 0 Å². The Kier molecular flexibility index (Phi) is 7.13. The minimum Gasteiger partial charge on any atom is -0.491 e. The van der Waals surface area contributed by atoms with E-state index in [2.05, 4.69) is 22.1 Å². The number of fused-ring (bicyclic) bond motifs is 1. The molecule has 0 amide bonds. The van der Waals surface area contributed by atoms with Gasteiger partial charge in [0.05, 0.1) is 18.7 Å². The minimum absolute atomic E-state index is 0.0808. The van der Waals surface area contributed by atoms with Crippen molar-refractivity contribution in [2.75, 3.05) is 26.9 Å². The van der Waals surface area contributed by atoms with Gasteiger partial charge >= 0.3 is 0 Å². The zero-order chi connectivity index (χ0) is 18.2. The number of methoxy groups -OCH3 is 1. The number of aromatic amines is 1. The Morgan fingerprint density at radius 2 is 2.12 bits per heavy atom. The van der Waals surface area contributed by atoms with Gasteiger partial charge in [0.15, 0.2) is 5.78 Å². The zero-order valence-corrected chi connectivity index (χ0v) is 15.5. The number of H-pyrrole nitrogens is 1. The van der Waals surface area contributed by atoms with Gasteiger partial charge in [-0.05, 0) is 44.9 Å². The molecule has 0 aliphatic heterocycles. The lowest BCUT2D eigenvalue weighted by molar-refractivity contribution is -0.115. The lowest BCUT2D eigenvalue weighted by Gasteiger charge is -2.14. The highest BCUT2D eigenvalue weighted by molar-refractivity contribution is 5.88. The number of rotatable bonds is 10. The molecule has 1 aromatic heterocycles. The second kappa shape index (κ2) is 9.32. The topological polar surface area (TPSA) is 76.6 Å². The molecule has 0 spiro atoms. The molecule has 0 fully saturated rings. The van der Waals surface area contributed by atoms with Crippen LogP contribution in [0, 0.1) is 0 Å². The number of benzene rings is 1. The van der Waals surface area contributed by atoms with Crippen molar-refractivity contribution in [2.45, 2.75) is 39.5 Å². The number of carbonyl (C=O) groups is 1. The quantitative estimate of drug-likeness (QED) is 0.528. The number of hydrogen-bond acceptors (Lipinski definition) is 5. The van der Waals surface area contributed by atoms with E-state index >= 15 is 0 Å². The van der Waals surface area contributed by atoms with Crippen LogP contribution in [0.2, 0.25) is 0 Å². The molecule has 136 valence electrons. The first-order valence-electron chi connectivity index (χ1n) is 8.64. The van der Waals surface area contributed by atoms with Crippen LogP contribution in [0.5, 0.6) is 5.75 Å². The molecule has 6 heteroatoms. The number of Topliss-reactive ketones (excluding diaryl/α,β-unsaturated/α-hetero) is 1. The van der Waals surface area contributed by atoms with Crippen LogP contribution in [0.1, 0.15) is 45.2 Å². The summed E-state index contributed by atoms with van der Waals surface area (Å²) in [6.07, 6.45) is 1.76. The number of ketones is 1. The number of hydrogen-bond donors (Lipinski definition) is 1. The molecule has 1 N–H and O–H groups in total. The van der Waals surface area contributed by atoms with Crippen molar-refractivity contribution in [1.29, 1.82) is 0 Å². The molecule has 0 aliphatic rings. The van der Waals surface area contributed by atoms with Crippen molar-refractivity contribution in [2.24, 2.45) is 4.99 Å². The SMILES string of the molecule is CCC(CC(C)=NCC(C)=O)c1[nH]nc2ccc(OCCOC)cc12. The minimum atomic E-state index is 0.0808. The maximum absolute atomic E-state index is 11.1. The normalized spacial score (nSPS) is 13.2. The van der Waals surface area contributed by atoms with Gasteiger partial charge in [-0.25, -0.2) is 0 Å². The van der Waals surface area contributed by atoms with Crippen LogP contribution in [0.3, 0.4) is 0 Å². The molecule has 0 bridgehead atoms. The van der Waals surface area contributed by atoms with E-state index in [-0.39, 0.29) is 18.2 Å². The Balaban J connectivity index is 2.20. The fourth-order valence-corrected chi connectivity index (χ4v) is 2.77. The van der Waals surface area contributed by atoms with Crippen LogP contribution in [-0.2, 0) is 9.53 Å². The van der Waals surface area contributed by atoms with E-state index < -0.39 is 0 Å². The number of nitrogens with one attached hydrogen (secondary N) is 1. The average molecular weight is 345 g/mol. The molecule has 0 saturated heterocycles. The molecule has 1 heterocycles. The van der Waals surface area contributed by atoms with E-state index in [0.29, 0.717) is 13.2 Å². The Morgan fingerprint density at radius 1 is 1.32 bits per heavy atom. The molecule has 2 aromatic rings. The van der Waals surface area contributed by atoms with Crippen LogP contribution in [-0.4, -0.2) is 48.6 Å². The fraction of sp³-hybridized carbons (Fsp3) is 0.526. The Labute approximate surface area is 148 Å². The lowest BCUT2D eigenvalue weighted by atomic mass is 9.93. The van der Waals surface area contributed by atoms with Crippen LogP contribution in [0.15, 0.2) is 23.2 Å². The van der Waals surface area contributed by atoms with Gasteiger partial charge in [-0.15, -0.1) is 0 Å². The van der Waals surface area contributed by atoms with Crippen molar-refractivity contribution in [3.8, 4) is 5.75 Å². The number of aliphatic imine (C=N–C) groups is 1. The summed E-state index contributed by atoms with van der Waals surface area (Å²) in [5.41, 5.74) is 3.00. The largest absolute Gasteiger partial charge is 0.491 e. The smallest absolute Gasteiger partial charge is 0.151 e. The van der Waals surface area contributed by atoms with Crippen LogP contribution >= 0.6 is 0 Å². The van der Waals surface area contributed by atoms with Gasteiger partial charge in [0.1, 0.15) is 12.4 Å². The predicted octanol–water partition coefficient (Wildman–Crippen LogP) is 3.52. The molecule has 0 radical (unpaired) electrons. The molecule has 0 saturated carbocycles. The molecule has 6 nitrogen and oxygen atoms in total. The monoisotopic (exact) mass is 345 g/mol. The molecule has 25 heavy (non-hydrogen) atoms. The summed E-state index contributed by atoms with van der Waals surface area (Å²) >= 11 is 0. The zero-order valence-electron chi connectivity index (χ0n) is 15.5. The van der Waals surface area contributed by atoms with Gasteiger partial charge in [0.25, 0.3) is 0 Å². The molecule has 0 aliphatic carbocycles. The molecule has 2 rings (SSSR count). The Bertz CT molecular complexity index is 737. The summed E-state index contributed by atoms with van der Waals surface area (Å²) in [5.74, 6) is 1.16. The van der Waals surface area contributed by atoms with Crippen LogP contribution < -0.4 is 4.74 Å². The van der Waals surface area contributed by atoms with Crippen molar-refractivity contribution in [3.63, 3.8) is 0 Å². The summed E-state index contributed by atoms with van der Waals surface area (Å²) in [6, 6.07) is 5.90. The highest BCUT2D eigenvalue weighted by atomic mass is 16.5. The summed E-state index contributed by atoms with van der Waals surface area (Å²) < 4.78 is 10.7. The average Bonchev–Trinajstić information content (AvgIpc) is 3.01. The Morgan fingerprint density at radius 3 is 2.80 bits per heavy atom. The van der Waals surface area contributed by atoms with Crippen molar-refractivity contribution in [3.05, 3.63) is 23.9 Å². The maximum atomic E-state index is 11.1. The molecule has 1 aromatic carbocycles. The third-order valence-corrected chi connectivity index (χ3v) is 4.13. The van der Waals surface area contributed by atoms with Gasteiger partial charge < -0.3 is 9.47 Å². The Hall–Kier alpha value is -2.21. The summed E-state index contributed by atoms with van der Waals surface area (Å²) in [7, 11) is 1.66. The van der Waals surface area contributed by atoms with Crippen LogP contribution in [0.4, 0.5) is 0 Å². The maximum Gasteiger partial charge on any atom is 0.151 e. The number of aromatic nitrogens is 2. The third kappa shape index (κ3) is 5.39. The molecule has 1 atom stereocenters. The fourth-order valence-electron chi connectivity index (χ4n) is 2.77. The standard InChI is InChI=1S/C19H27N3O3/c1-5-15(10-13(2)20-12-14(3)23)19-17-11-16(25-9-8-24-4)6-7-18(17)21-22-19/h6-7,11,15H,5,8-10,12H2,1-4H3,(H,21,22). The third-order valence-electron chi connectivity index (χ3n) is 4.13. The molecular weight excluding hydrogens is 318 g/mol. The van der Waals surface area contributed by atoms with Gasteiger partial charge in [-0.1, -0.05) is 6.92 Å². The highest BCUT2D eigenvalue weighted by Gasteiger charge is 2.17.